The molecule has 0 aliphatic carbocycles. The van der Waals surface area contributed by atoms with Crippen LogP contribution in [0.15, 0.2) is 24.3 Å². The number of nitrogens with zero attached hydrogens (tertiary/aromatic N) is 3. The first-order valence-electron chi connectivity index (χ1n) is 6.52. The maximum absolute atomic E-state index is 8.66. The molecule has 0 spiro atoms. The predicted molar refractivity (Wildman–Crippen MR) is 73.2 cm³/mol. The SMILES string of the molecule is CCCCN(CCCC)c1ccc([N+]#N)cc1. The molecule has 0 saturated heterocycles. The van der Waals surface area contributed by atoms with Crippen LogP contribution in [0.5, 0.6) is 0 Å². The number of rotatable bonds is 7. The van der Waals surface area contributed by atoms with Crippen LogP contribution >= 0.6 is 0 Å². The van der Waals surface area contributed by atoms with Gasteiger partial charge in [-0.15, -0.1) is 0 Å². The summed E-state index contributed by atoms with van der Waals surface area (Å²) in [7, 11) is 0. The minimum atomic E-state index is 0.611. The number of benzene rings is 1. The van der Waals surface area contributed by atoms with Gasteiger partial charge >= 0.3 is 5.69 Å². The normalized spacial score (nSPS) is 9.94. The molecule has 0 saturated carbocycles. The number of unbranched alkanes of at least 4 members (excludes halogenated alkanes) is 2. The van der Waals surface area contributed by atoms with E-state index in [1.807, 2.05) is 24.3 Å². The molecule has 1 aromatic rings. The molecule has 0 N–H and O–H groups in total. The van der Waals surface area contributed by atoms with Gasteiger partial charge in [0, 0.05) is 30.9 Å². The van der Waals surface area contributed by atoms with Crippen LogP contribution in [-0.4, -0.2) is 13.1 Å². The van der Waals surface area contributed by atoms with E-state index < -0.39 is 0 Å². The van der Waals surface area contributed by atoms with Gasteiger partial charge in [0.05, 0.1) is 0 Å². The smallest absolute Gasteiger partial charge is 0.372 e. The number of diazo groups is 1. The number of hydrogen-bond donors (Lipinski definition) is 0. The van der Waals surface area contributed by atoms with E-state index in [-0.39, 0.29) is 0 Å². The van der Waals surface area contributed by atoms with Gasteiger partial charge in [-0.05, 0) is 25.0 Å². The van der Waals surface area contributed by atoms with Crippen LogP contribution in [0, 0.1) is 5.39 Å². The lowest BCUT2D eigenvalue weighted by Crippen LogP contribution is -2.25. The second kappa shape index (κ2) is 7.67. The Bertz CT molecular complexity index is 343. The molecule has 0 radical (unpaired) electrons. The Morgan fingerprint density at radius 1 is 1.00 bits per heavy atom. The summed E-state index contributed by atoms with van der Waals surface area (Å²) in [6, 6.07) is 7.75. The summed E-state index contributed by atoms with van der Waals surface area (Å²) in [4.78, 5) is 5.59. The molecule has 92 valence electrons. The topological polar surface area (TPSA) is 31.4 Å². The van der Waals surface area contributed by atoms with Crippen molar-refractivity contribution in [1.29, 1.82) is 5.39 Å². The van der Waals surface area contributed by atoms with Crippen molar-refractivity contribution in [2.24, 2.45) is 0 Å². The minimum Gasteiger partial charge on any atom is -0.372 e. The maximum Gasteiger partial charge on any atom is 0.385 e. The summed E-state index contributed by atoms with van der Waals surface area (Å²) >= 11 is 0. The standard InChI is InChI=1S/C14H22N3/c1-3-5-11-17(12-6-4-2)14-9-7-13(16-15)8-10-14/h7-10H,3-6,11-12H2,1-2H3/q+1. The summed E-state index contributed by atoms with van der Waals surface area (Å²) in [6.45, 7) is 6.63. The Kier molecular flexibility index (Phi) is 6.09. The van der Waals surface area contributed by atoms with E-state index in [9.17, 15) is 0 Å². The summed E-state index contributed by atoms with van der Waals surface area (Å²) in [5.74, 6) is 0. The number of hydrogen-bond acceptors (Lipinski definition) is 2. The molecule has 0 aliphatic heterocycles. The van der Waals surface area contributed by atoms with Crippen LogP contribution in [0.2, 0.25) is 0 Å². The summed E-state index contributed by atoms with van der Waals surface area (Å²) in [5.41, 5.74) is 1.83. The van der Waals surface area contributed by atoms with Crippen LogP contribution < -0.4 is 4.90 Å². The summed E-state index contributed by atoms with van der Waals surface area (Å²) in [5, 5.41) is 8.66. The van der Waals surface area contributed by atoms with E-state index in [4.69, 9.17) is 5.39 Å². The zero-order valence-electron chi connectivity index (χ0n) is 10.9. The fourth-order valence-electron chi connectivity index (χ4n) is 1.80. The van der Waals surface area contributed by atoms with Crippen molar-refractivity contribution >= 4 is 11.4 Å². The Morgan fingerprint density at radius 3 is 1.94 bits per heavy atom. The van der Waals surface area contributed by atoms with Crippen molar-refractivity contribution in [3.05, 3.63) is 29.2 Å². The third-order valence-corrected chi connectivity index (χ3v) is 2.89. The lowest BCUT2D eigenvalue weighted by atomic mass is 10.2. The minimum absolute atomic E-state index is 0.611. The largest absolute Gasteiger partial charge is 0.385 e. The molecular formula is C14H22N3+. The monoisotopic (exact) mass is 232 g/mol. The molecule has 0 amide bonds. The molecule has 3 nitrogen and oxygen atoms in total. The number of anilines is 1. The van der Waals surface area contributed by atoms with Crippen LogP contribution in [0.4, 0.5) is 11.4 Å². The fraction of sp³-hybridized carbons (Fsp3) is 0.571. The Morgan fingerprint density at radius 2 is 1.53 bits per heavy atom. The van der Waals surface area contributed by atoms with E-state index in [0.29, 0.717) is 5.69 Å². The van der Waals surface area contributed by atoms with Gasteiger partial charge in [-0.3, -0.25) is 0 Å². The van der Waals surface area contributed by atoms with Gasteiger partial charge in [-0.2, -0.15) is 0 Å². The van der Waals surface area contributed by atoms with Gasteiger partial charge in [0.1, 0.15) is 0 Å². The molecule has 1 aromatic carbocycles. The van der Waals surface area contributed by atoms with Crippen LogP contribution in [0.1, 0.15) is 39.5 Å². The zero-order valence-corrected chi connectivity index (χ0v) is 10.9. The van der Waals surface area contributed by atoms with Crippen LogP contribution in [0.25, 0.3) is 4.98 Å². The first kappa shape index (κ1) is 13.5. The fourth-order valence-corrected chi connectivity index (χ4v) is 1.80. The molecule has 0 aliphatic rings. The van der Waals surface area contributed by atoms with E-state index in [1.165, 1.54) is 31.4 Å². The van der Waals surface area contributed by atoms with Crippen LogP contribution in [-0.2, 0) is 0 Å². The molecule has 3 heteroatoms. The van der Waals surface area contributed by atoms with E-state index in [2.05, 4.69) is 23.7 Å². The third-order valence-electron chi connectivity index (χ3n) is 2.89. The van der Waals surface area contributed by atoms with Crippen molar-refractivity contribution in [2.75, 3.05) is 18.0 Å². The van der Waals surface area contributed by atoms with Crippen LogP contribution in [0.3, 0.4) is 0 Å². The van der Waals surface area contributed by atoms with Gasteiger partial charge in [0.15, 0.2) is 4.98 Å². The van der Waals surface area contributed by atoms with Gasteiger partial charge < -0.3 is 4.90 Å². The molecule has 0 bridgehead atoms. The van der Waals surface area contributed by atoms with Crippen molar-refractivity contribution in [2.45, 2.75) is 39.5 Å². The van der Waals surface area contributed by atoms with Crippen molar-refractivity contribution in [1.82, 2.24) is 0 Å². The van der Waals surface area contributed by atoms with E-state index in [0.717, 1.165) is 13.1 Å². The van der Waals surface area contributed by atoms with Crippen molar-refractivity contribution < 1.29 is 0 Å². The third kappa shape index (κ3) is 4.44. The molecular weight excluding hydrogens is 210 g/mol. The van der Waals surface area contributed by atoms with Gasteiger partial charge in [-0.1, -0.05) is 26.7 Å². The van der Waals surface area contributed by atoms with Gasteiger partial charge in [0.25, 0.3) is 0 Å². The van der Waals surface area contributed by atoms with Crippen molar-refractivity contribution in [3.63, 3.8) is 0 Å². The second-order valence-corrected chi connectivity index (χ2v) is 4.31. The van der Waals surface area contributed by atoms with Gasteiger partial charge in [-0.25, -0.2) is 0 Å². The van der Waals surface area contributed by atoms with E-state index >= 15 is 0 Å². The highest BCUT2D eigenvalue weighted by atomic mass is 15.1. The highest BCUT2D eigenvalue weighted by molar-refractivity contribution is 5.55. The highest BCUT2D eigenvalue weighted by Crippen LogP contribution is 2.20. The molecule has 0 unspecified atom stereocenters. The summed E-state index contributed by atoms with van der Waals surface area (Å²) in [6.07, 6.45) is 4.87. The lowest BCUT2D eigenvalue weighted by molar-refractivity contribution is 0.678. The van der Waals surface area contributed by atoms with E-state index in [1.54, 1.807) is 0 Å². The molecule has 0 aromatic heterocycles. The predicted octanol–water partition coefficient (Wildman–Crippen LogP) is 4.58. The molecule has 0 heterocycles. The maximum atomic E-state index is 8.66. The quantitative estimate of drug-likeness (QED) is 0.644. The average Bonchev–Trinajstić information content (AvgIpc) is 2.39. The molecule has 17 heavy (non-hydrogen) atoms. The highest BCUT2D eigenvalue weighted by Gasteiger charge is 2.08. The Labute approximate surface area is 104 Å². The van der Waals surface area contributed by atoms with Gasteiger partial charge in [0.2, 0.25) is 5.39 Å². The zero-order chi connectivity index (χ0) is 12.5. The van der Waals surface area contributed by atoms with Crippen molar-refractivity contribution in [3.8, 4) is 0 Å². The first-order valence-corrected chi connectivity index (χ1v) is 6.52. The molecule has 0 fully saturated rings. The lowest BCUT2D eigenvalue weighted by Gasteiger charge is -2.24. The summed E-state index contributed by atoms with van der Waals surface area (Å²) < 4.78 is 0. The Hall–Kier alpha value is -1.56. The second-order valence-electron chi connectivity index (χ2n) is 4.31. The average molecular weight is 232 g/mol. The first-order chi connectivity index (χ1) is 8.31. The molecule has 0 atom stereocenters. The molecule has 1 rings (SSSR count). The Balaban J connectivity index is 2.69.